The van der Waals surface area contributed by atoms with Crippen LogP contribution in [0.1, 0.15) is 28.1 Å². The minimum Gasteiger partial charge on any atom is -0.506 e. The number of pyridine rings is 1. The molecule has 2 aromatic rings. The number of rotatable bonds is 3. The van der Waals surface area contributed by atoms with Gasteiger partial charge in [-0.1, -0.05) is 18.2 Å². The van der Waals surface area contributed by atoms with Crippen LogP contribution >= 0.6 is 0 Å². The monoisotopic (exact) mass is 326 g/mol. The third-order valence-corrected chi connectivity index (χ3v) is 4.84. The highest BCUT2D eigenvalue weighted by Crippen LogP contribution is 2.34. The smallest absolute Gasteiger partial charge is 0.142 e. The molecule has 3 heterocycles. The number of para-hydroxylation sites is 1. The third kappa shape index (κ3) is 2.74. The van der Waals surface area contributed by atoms with Crippen molar-refractivity contribution in [2.45, 2.75) is 26.6 Å². The molecule has 0 spiro atoms. The van der Waals surface area contributed by atoms with Crippen molar-refractivity contribution in [2.75, 3.05) is 31.2 Å². The van der Waals surface area contributed by atoms with Crippen molar-refractivity contribution in [2.24, 2.45) is 0 Å². The summed E-state index contributed by atoms with van der Waals surface area (Å²) in [6.45, 7) is 6.24. The molecule has 2 aliphatic heterocycles. The maximum Gasteiger partial charge on any atom is 0.142 e. The highest BCUT2D eigenvalue weighted by molar-refractivity contribution is 5.56. The van der Waals surface area contributed by atoms with E-state index in [0.29, 0.717) is 18.9 Å². The Balaban J connectivity index is 1.70. The summed E-state index contributed by atoms with van der Waals surface area (Å²) in [6, 6.07) is 8.49. The molecule has 0 bridgehead atoms. The van der Waals surface area contributed by atoms with Crippen LogP contribution in [-0.2, 0) is 29.1 Å². The van der Waals surface area contributed by atoms with Crippen LogP contribution in [0.2, 0.25) is 0 Å². The minimum atomic E-state index is 0.285. The Bertz CT molecular complexity index is 755. The van der Waals surface area contributed by atoms with E-state index in [9.17, 15) is 5.11 Å². The van der Waals surface area contributed by atoms with Crippen LogP contribution in [0.4, 0.5) is 5.69 Å². The van der Waals surface area contributed by atoms with Crippen molar-refractivity contribution in [3.63, 3.8) is 0 Å². The molecular formula is C19H22N2O3. The topological polar surface area (TPSA) is 54.8 Å². The van der Waals surface area contributed by atoms with Crippen molar-refractivity contribution in [1.29, 1.82) is 0 Å². The first-order valence-corrected chi connectivity index (χ1v) is 8.42. The Kier molecular flexibility index (Phi) is 4.12. The number of aryl methyl sites for hydroxylation is 1. The largest absolute Gasteiger partial charge is 0.506 e. The molecule has 2 aliphatic rings. The number of hydrogen-bond donors (Lipinski definition) is 1. The molecule has 4 rings (SSSR count). The van der Waals surface area contributed by atoms with E-state index in [-0.39, 0.29) is 5.75 Å². The second-order valence-electron chi connectivity index (χ2n) is 6.35. The molecule has 5 nitrogen and oxygen atoms in total. The number of benzene rings is 1. The summed E-state index contributed by atoms with van der Waals surface area (Å²) in [5, 5.41) is 10.2. The molecule has 126 valence electrons. The molecule has 0 amide bonds. The van der Waals surface area contributed by atoms with Crippen molar-refractivity contribution in [1.82, 2.24) is 4.98 Å². The van der Waals surface area contributed by atoms with Gasteiger partial charge in [-0.3, -0.25) is 4.98 Å². The number of nitrogens with zero attached hydrogens (tertiary/aromatic N) is 2. The summed E-state index contributed by atoms with van der Waals surface area (Å²) in [5.41, 5.74) is 6.15. The fraction of sp³-hybridized carbons (Fsp3) is 0.421. The summed E-state index contributed by atoms with van der Waals surface area (Å²) >= 11 is 0. The van der Waals surface area contributed by atoms with E-state index in [1.54, 1.807) is 0 Å². The van der Waals surface area contributed by atoms with Gasteiger partial charge in [-0.15, -0.1) is 0 Å². The third-order valence-electron chi connectivity index (χ3n) is 4.84. The first-order chi connectivity index (χ1) is 11.7. The zero-order chi connectivity index (χ0) is 16.5. The molecular weight excluding hydrogens is 304 g/mol. The zero-order valence-electron chi connectivity index (χ0n) is 13.9. The SMILES string of the molecule is Cc1nc(Cc2ccccc2N2CCOCC2)c2c(c1O)COC2. The molecule has 1 aromatic carbocycles. The van der Waals surface area contributed by atoms with Gasteiger partial charge in [-0.2, -0.15) is 0 Å². The maximum absolute atomic E-state index is 10.2. The second kappa shape index (κ2) is 6.42. The Morgan fingerprint density at radius 2 is 1.83 bits per heavy atom. The molecule has 0 unspecified atom stereocenters. The summed E-state index contributed by atoms with van der Waals surface area (Å²) in [4.78, 5) is 7.03. The Morgan fingerprint density at radius 1 is 1.08 bits per heavy atom. The molecule has 5 heteroatoms. The van der Waals surface area contributed by atoms with Crippen LogP contribution in [0, 0.1) is 6.92 Å². The van der Waals surface area contributed by atoms with E-state index in [0.717, 1.165) is 49.5 Å². The molecule has 0 radical (unpaired) electrons. The van der Waals surface area contributed by atoms with Crippen LogP contribution in [0.15, 0.2) is 24.3 Å². The number of aromatic nitrogens is 1. The summed E-state index contributed by atoms with van der Waals surface area (Å²) in [5.74, 6) is 0.285. The maximum atomic E-state index is 10.2. The van der Waals surface area contributed by atoms with Crippen LogP contribution in [-0.4, -0.2) is 36.4 Å². The first kappa shape index (κ1) is 15.4. The van der Waals surface area contributed by atoms with Gasteiger partial charge in [-0.25, -0.2) is 0 Å². The standard InChI is InChI=1S/C19H22N2O3/c1-13-19(22)16-12-24-11-15(16)17(20-13)10-14-4-2-3-5-18(14)21-6-8-23-9-7-21/h2-5,22H,6-12H2,1H3. The summed E-state index contributed by atoms with van der Waals surface area (Å²) in [6.07, 6.45) is 0.750. The number of morpholine rings is 1. The van der Waals surface area contributed by atoms with Gasteiger partial charge in [0.05, 0.1) is 37.8 Å². The van der Waals surface area contributed by atoms with Crippen molar-refractivity contribution in [3.8, 4) is 5.75 Å². The van der Waals surface area contributed by atoms with Gasteiger partial charge in [0.15, 0.2) is 0 Å². The van der Waals surface area contributed by atoms with Crippen LogP contribution < -0.4 is 4.90 Å². The summed E-state index contributed by atoms with van der Waals surface area (Å²) in [7, 11) is 0. The van der Waals surface area contributed by atoms with Crippen LogP contribution in [0.25, 0.3) is 0 Å². The predicted molar refractivity (Wildman–Crippen MR) is 91.4 cm³/mol. The highest BCUT2D eigenvalue weighted by Gasteiger charge is 2.23. The number of ether oxygens (including phenoxy) is 2. The van der Waals surface area contributed by atoms with Gasteiger partial charge in [0.1, 0.15) is 5.75 Å². The van der Waals surface area contributed by atoms with E-state index < -0.39 is 0 Å². The predicted octanol–water partition coefficient (Wildman–Crippen LogP) is 2.55. The number of hydrogen-bond acceptors (Lipinski definition) is 5. The second-order valence-corrected chi connectivity index (χ2v) is 6.35. The van der Waals surface area contributed by atoms with Gasteiger partial charge < -0.3 is 19.5 Å². The first-order valence-electron chi connectivity index (χ1n) is 8.42. The molecule has 1 aromatic heterocycles. The average molecular weight is 326 g/mol. The number of anilines is 1. The molecule has 24 heavy (non-hydrogen) atoms. The van der Waals surface area contributed by atoms with E-state index in [1.165, 1.54) is 11.3 Å². The normalized spacial score (nSPS) is 17.1. The average Bonchev–Trinajstić information content (AvgIpc) is 3.11. The Labute approximate surface area is 141 Å². The van der Waals surface area contributed by atoms with Crippen LogP contribution in [0.5, 0.6) is 5.75 Å². The van der Waals surface area contributed by atoms with Gasteiger partial charge in [-0.05, 0) is 18.6 Å². The number of fused-ring (bicyclic) bond motifs is 1. The lowest BCUT2D eigenvalue weighted by molar-refractivity contribution is 0.122. The minimum absolute atomic E-state index is 0.285. The van der Waals surface area contributed by atoms with Crippen molar-refractivity contribution < 1.29 is 14.6 Å². The van der Waals surface area contributed by atoms with Crippen molar-refractivity contribution in [3.05, 3.63) is 52.3 Å². The summed E-state index contributed by atoms with van der Waals surface area (Å²) < 4.78 is 11.0. The zero-order valence-corrected chi connectivity index (χ0v) is 13.9. The van der Waals surface area contributed by atoms with E-state index in [1.807, 2.05) is 6.92 Å². The van der Waals surface area contributed by atoms with Gasteiger partial charge in [0.25, 0.3) is 0 Å². The number of aromatic hydroxyl groups is 1. The van der Waals surface area contributed by atoms with E-state index >= 15 is 0 Å². The Hall–Kier alpha value is -2.11. The lowest BCUT2D eigenvalue weighted by Crippen LogP contribution is -2.36. The van der Waals surface area contributed by atoms with Gasteiger partial charge >= 0.3 is 0 Å². The fourth-order valence-corrected chi connectivity index (χ4v) is 3.54. The van der Waals surface area contributed by atoms with Crippen molar-refractivity contribution >= 4 is 5.69 Å². The van der Waals surface area contributed by atoms with E-state index in [4.69, 9.17) is 9.47 Å². The molecule has 0 saturated carbocycles. The quantitative estimate of drug-likeness (QED) is 0.939. The fourth-order valence-electron chi connectivity index (χ4n) is 3.54. The highest BCUT2D eigenvalue weighted by atomic mass is 16.5. The molecule has 1 fully saturated rings. The molecule has 1 saturated heterocycles. The molecule has 1 N–H and O–H groups in total. The molecule has 0 atom stereocenters. The van der Waals surface area contributed by atoms with Gasteiger partial charge in [0.2, 0.25) is 0 Å². The lowest BCUT2D eigenvalue weighted by Gasteiger charge is -2.30. The van der Waals surface area contributed by atoms with Gasteiger partial charge in [0, 0.05) is 36.3 Å². The van der Waals surface area contributed by atoms with Crippen LogP contribution in [0.3, 0.4) is 0 Å². The molecule has 0 aliphatic carbocycles. The van der Waals surface area contributed by atoms with E-state index in [2.05, 4.69) is 34.1 Å². The lowest BCUT2D eigenvalue weighted by atomic mass is 9.99. The Morgan fingerprint density at radius 3 is 2.67 bits per heavy atom.